The van der Waals surface area contributed by atoms with Crippen molar-refractivity contribution in [3.8, 4) is 0 Å². The van der Waals surface area contributed by atoms with Crippen LogP contribution < -0.4 is 11.4 Å². The quantitative estimate of drug-likeness (QED) is 0.0123. The maximum Gasteiger partial charge on any atom is 0.481 e. The van der Waals surface area contributed by atoms with Crippen LogP contribution in [0.1, 0.15) is 130 Å². The van der Waals surface area contributed by atoms with Crippen molar-refractivity contribution in [2.24, 2.45) is 5.92 Å². The maximum atomic E-state index is 12.8. The number of hydrogen-bond acceptors (Lipinski definition) is 16. The lowest BCUT2D eigenvalue weighted by Crippen LogP contribution is -2.36. The first kappa shape index (κ1) is 60.3. The summed E-state index contributed by atoms with van der Waals surface area (Å²) in [6, 6.07) is 1.24. The molecule has 19 nitrogen and oxygen atoms in total. The fourth-order valence-electron chi connectivity index (χ4n) is 6.43. The molecular weight excluding hydrogens is 924 g/mol. The number of aliphatic hydroxyl groups is 3. The van der Waals surface area contributed by atoms with E-state index in [1.165, 1.54) is 18.9 Å². The monoisotopic (exact) mass is 999 g/mol. The van der Waals surface area contributed by atoms with Gasteiger partial charge in [0, 0.05) is 19.0 Å². The molecule has 0 aliphatic carbocycles. The first-order valence-corrected chi connectivity index (χ1v) is 26.4. The summed E-state index contributed by atoms with van der Waals surface area (Å²) in [5.41, 5.74) is 4.57. The zero-order chi connectivity index (χ0) is 50.2. The molecule has 2 heterocycles. The van der Waals surface area contributed by atoms with Crippen molar-refractivity contribution in [2.45, 2.75) is 160 Å². The van der Waals surface area contributed by atoms with E-state index in [1.54, 1.807) is 6.08 Å². The van der Waals surface area contributed by atoms with Crippen molar-refractivity contribution in [3.05, 3.63) is 95.7 Å². The Kier molecular flexibility index (Phi) is 30.5. The number of hydrogen-bond donors (Lipinski definition) is 6. The third-order valence-corrected chi connectivity index (χ3v) is 12.7. The van der Waals surface area contributed by atoms with E-state index in [2.05, 4.69) is 23.1 Å². The van der Waals surface area contributed by atoms with E-state index in [9.17, 15) is 48.6 Å². The summed E-state index contributed by atoms with van der Waals surface area (Å²) in [6.45, 7) is 4.04. The third kappa shape index (κ3) is 28.0. The van der Waals surface area contributed by atoms with Gasteiger partial charge in [-0.2, -0.15) is 9.29 Å². The predicted molar refractivity (Wildman–Crippen MR) is 258 cm³/mol. The highest BCUT2D eigenvalue weighted by molar-refractivity contribution is 7.61. The molecule has 21 heteroatoms. The number of phosphoric ester groups is 2. The number of nitrogens with zero attached hydrogens (tertiary/aromatic N) is 2. The van der Waals surface area contributed by atoms with Gasteiger partial charge < -0.3 is 45.1 Å². The Morgan fingerprint density at radius 1 is 0.824 bits per heavy atom. The second kappa shape index (κ2) is 34.5. The number of carbonyl (C=O) groups is 2. The molecule has 0 saturated carbocycles. The van der Waals surface area contributed by atoms with Gasteiger partial charge in [-0.05, 0) is 56.9 Å². The molecule has 2 rings (SSSR count). The average molecular weight is 1000 g/mol. The molecule has 0 amide bonds. The topological polar surface area (TPSA) is 286 Å². The van der Waals surface area contributed by atoms with Crippen LogP contribution in [0.3, 0.4) is 0 Å². The molecule has 1 saturated heterocycles. The fourth-order valence-corrected chi connectivity index (χ4v) is 8.54. The van der Waals surface area contributed by atoms with Crippen molar-refractivity contribution < 1.29 is 71.4 Å². The van der Waals surface area contributed by atoms with E-state index in [0.717, 1.165) is 62.1 Å². The standard InChI is InChI=1S/C47H75N3O16P2/c1-4-5-22-28-38(51)29-24-19-15-11-9-7-6-8-10-12-16-20-25-30-42(52)61-34-39(64-43(53)31-26-21-17-13-14-18-23-27-37(2)3)35-62-67(57,58)66-68(59,60)63-36-40-44(54)45(55)46(65-40)50-33-32-41(48)49-47(50)56/h5,7-10,15-16,19-20,22,24,29,32-33,37-40,44-46,51,54-55H,4,6,11-14,17-18,21,23,25-28,30-31,34-36H2,1-3H3,(H,57,58)(H,59,60)(H2,48,49,56)/b9-7-,10-8-,19-15+,20-16-,22-5-,29-24+/t38?,39-,40-,44-,45-,46-/m1/s1. The molecule has 0 bridgehead atoms. The lowest BCUT2D eigenvalue weighted by molar-refractivity contribution is -0.161. The van der Waals surface area contributed by atoms with Gasteiger partial charge in [0.1, 0.15) is 30.7 Å². The highest BCUT2D eigenvalue weighted by Crippen LogP contribution is 2.60. The highest BCUT2D eigenvalue weighted by atomic mass is 31.3. The van der Waals surface area contributed by atoms with Crippen LogP contribution in [-0.4, -0.2) is 96.9 Å². The van der Waals surface area contributed by atoms with E-state index in [-0.39, 0.29) is 18.7 Å². The SMILES string of the molecule is CC/C=C\CC(O)/C=C/C=C/C/C=C\C/C=C\C/C=C\CCC(=O)OC[C@H](COP(=O)(O)OP(=O)(O)OC[C@H]1O[C@@H](n2ccc(N)nc2=O)[C@H](O)[C@@H]1O)OC(=O)CCCCCCCCCC(C)C. The summed E-state index contributed by atoms with van der Waals surface area (Å²) in [7, 11) is -10.9. The molecular formula is C47H75N3O16P2. The maximum absolute atomic E-state index is 12.8. The van der Waals surface area contributed by atoms with E-state index in [0.29, 0.717) is 31.6 Å². The van der Waals surface area contributed by atoms with Crippen molar-refractivity contribution in [1.29, 1.82) is 0 Å². The molecule has 1 aliphatic rings. The largest absolute Gasteiger partial charge is 0.481 e. The van der Waals surface area contributed by atoms with Crippen LogP contribution in [0.2, 0.25) is 0 Å². The van der Waals surface area contributed by atoms with Crippen LogP contribution in [0.25, 0.3) is 0 Å². The van der Waals surface area contributed by atoms with Gasteiger partial charge in [-0.25, -0.2) is 13.9 Å². The minimum atomic E-state index is -5.44. The summed E-state index contributed by atoms with van der Waals surface area (Å²) in [5.74, 6) is -0.758. The number of rotatable bonds is 36. The Bertz CT molecular complexity index is 1950. The number of nitrogen functional groups attached to an aromatic ring is 1. The Morgan fingerprint density at radius 3 is 2.12 bits per heavy atom. The number of allylic oxidation sites excluding steroid dienone is 10. The number of phosphoric acid groups is 2. The second-order valence-electron chi connectivity index (χ2n) is 16.6. The molecule has 0 spiro atoms. The molecule has 1 aliphatic heterocycles. The summed E-state index contributed by atoms with van der Waals surface area (Å²) in [4.78, 5) is 61.6. The number of anilines is 1. The molecule has 1 aromatic rings. The Morgan fingerprint density at radius 2 is 1.46 bits per heavy atom. The van der Waals surface area contributed by atoms with E-state index < -0.39 is 89.8 Å². The summed E-state index contributed by atoms with van der Waals surface area (Å²) < 4.78 is 56.4. The van der Waals surface area contributed by atoms with Gasteiger partial charge in [0.15, 0.2) is 12.3 Å². The van der Waals surface area contributed by atoms with E-state index in [4.69, 9.17) is 29.0 Å². The van der Waals surface area contributed by atoms with E-state index in [1.807, 2.05) is 73.8 Å². The van der Waals surface area contributed by atoms with E-state index >= 15 is 0 Å². The normalized spacial score (nSPS) is 20.7. The number of carbonyl (C=O) groups excluding carboxylic acids is 2. The third-order valence-electron chi connectivity index (χ3n) is 10.1. The van der Waals surface area contributed by atoms with Crippen molar-refractivity contribution in [3.63, 3.8) is 0 Å². The van der Waals surface area contributed by atoms with Crippen LogP contribution in [-0.2, 0) is 46.3 Å². The minimum absolute atomic E-state index is 0.0169. The molecule has 7 N–H and O–H groups in total. The average Bonchev–Trinajstić information content (AvgIpc) is 3.55. The number of nitrogens with two attached hydrogens (primary N) is 1. The van der Waals surface area contributed by atoms with Crippen LogP contribution in [0.15, 0.2) is 90.0 Å². The van der Waals surface area contributed by atoms with Crippen LogP contribution in [0.5, 0.6) is 0 Å². The van der Waals surface area contributed by atoms with Gasteiger partial charge in [-0.15, -0.1) is 0 Å². The number of aromatic nitrogens is 2. The first-order chi connectivity index (χ1) is 32.4. The minimum Gasteiger partial charge on any atom is -0.462 e. The summed E-state index contributed by atoms with van der Waals surface area (Å²) in [5, 5.41) is 30.7. The number of aliphatic hydroxyl groups excluding tert-OH is 3. The highest BCUT2D eigenvalue weighted by Gasteiger charge is 2.46. The van der Waals surface area contributed by atoms with Gasteiger partial charge in [-0.3, -0.25) is 23.2 Å². The van der Waals surface area contributed by atoms with Crippen molar-refractivity contribution in [2.75, 3.05) is 25.6 Å². The van der Waals surface area contributed by atoms with Crippen LogP contribution in [0.4, 0.5) is 5.82 Å². The zero-order valence-electron chi connectivity index (χ0n) is 39.7. The molecule has 384 valence electrons. The van der Waals surface area contributed by atoms with Crippen LogP contribution >= 0.6 is 15.6 Å². The Labute approximate surface area is 400 Å². The molecule has 0 aromatic carbocycles. The molecule has 1 fully saturated rings. The zero-order valence-corrected chi connectivity index (χ0v) is 41.4. The molecule has 1 aromatic heterocycles. The molecule has 68 heavy (non-hydrogen) atoms. The van der Waals surface area contributed by atoms with Gasteiger partial charge >= 0.3 is 33.3 Å². The van der Waals surface area contributed by atoms with Gasteiger partial charge in [0.25, 0.3) is 0 Å². The number of esters is 2. The molecule has 3 unspecified atom stereocenters. The van der Waals surface area contributed by atoms with Gasteiger partial charge in [0.2, 0.25) is 0 Å². The molecule has 0 radical (unpaired) electrons. The van der Waals surface area contributed by atoms with Crippen LogP contribution in [0, 0.1) is 5.92 Å². The lowest BCUT2D eigenvalue weighted by Gasteiger charge is -2.21. The van der Waals surface area contributed by atoms with Gasteiger partial charge in [0.05, 0.1) is 19.3 Å². The summed E-state index contributed by atoms with van der Waals surface area (Å²) in [6.07, 6.45) is 28.1. The Hall–Kier alpha value is -3.84. The lowest BCUT2D eigenvalue weighted by atomic mass is 10.0. The van der Waals surface area contributed by atoms with Gasteiger partial charge in [-0.1, -0.05) is 139 Å². The Balaban J connectivity index is 1.85. The summed E-state index contributed by atoms with van der Waals surface area (Å²) >= 11 is 0. The number of unbranched alkanes of at least 4 members (excludes halogenated alkanes) is 6. The molecule has 8 atom stereocenters. The van der Waals surface area contributed by atoms with Crippen molar-refractivity contribution >= 4 is 33.4 Å². The predicted octanol–water partition coefficient (Wildman–Crippen LogP) is 7.77. The second-order valence-corrected chi connectivity index (χ2v) is 19.6. The smallest absolute Gasteiger partial charge is 0.462 e. The first-order valence-electron chi connectivity index (χ1n) is 23.4. The number of ether oxygens (including phenoxy) is 3. The van der Waals surface area contributed by atoms with Crippen molar-refractivity contribution in [1.82, 2.24) is 9.55 Å². The fraction of sp³-hybridized carbons (Fsp3) is 0.617.